The standard InChI is InChI=1S/3C33H23NO2S/c3*1-37-27-13-7-6-12-26(27)34-32(35)30-28-22-14-18-8-2-3-9-19(18)15-23(22)29(31(30)33(34)36)25-17-21-11-5-4-10-20(21)16-24(25)28/h3*2-17,28-31H,1H3/t3*28?,29?,30-,31+. The first kappa shape index (κ1) is 66.3. The van der Waals surface area contributed by atoms with Gasteiger partial charge in [-0.2, -0.15) is 0 Å². The third-order valence-electron chi connectivity index (χ3n) is 26.1. The number of carbonyl (C=O) groups excluding carboxylic acids is 6. The van der Waals surface area contributed by atoms with E-state index >= 15 is 0 Å². The molecule has 6 bridgehead atoms. The van der Waals surface area contributed by atoms with Gasteiger partial charge < -0.3 is 0 Å². The Balaban J connectivity index is 0.000000102. The molecule has 15 aromatic rings. The molecule has 27 rings (SSSR count). The maximum absolute atomic E-state index is 14.3. The van der Waals surface area contributed by atoms with Gasteiger partial charge in [-0.3, -0.25) is 28.8 Å². The van der Waals surface area contributed by atoms with Crippen molar-refractivity contribution in [2.75, 3.05) is 33.5 Å². The van der Waals surface area contributed by atoms with E-state index in [0.29, 0.717) is 17.1 Å². The molecule has 3 aliphatic heterocycles. The normalized spacial score (nSPS) is 23.4. The summed E-state index contributed by atoms with van der Waals surface area (Å²) in [5.41, 5.74) is 16.6. The molecule has 9 nitrogen and oxygen atoms in total. The third kappa shape index (κ3) is 9.54. The zero-order chi connectivity index (χ0) is 74.5. The summed E-state index contributed by atoms with van der Waals surface area (Å²) in [6.07, 6.45) is 5.97. The Labute approximate surface area is 653 Å². The second kappa shape index (κ2) is 25.2. The summed E-state index contributed by atoms with van der Waals surface area (Å²) in [4.78, 5) is 92.8. The van der Waals surface area contributed by atoms with Crippen molar-refractivity contribution in [2.24, 2.45) is 35.5 Å². The summed E-state index contributed by atoms with van der Waals surface area (Å²) >= 11 is 4.71. The van der Waals surface area contributed by atoms with E-state index in [1.54, 1.807) is 35.3 Å². The third-order valence-corrected chi connectivity index (χ3v) is 28.4. The maximum Gasteiger partial charge on any atom is 0.238 e. The number of rotatable bonds is 6. The molecule has 9 aliphatic carbocycles. The lowest BCUT2D eigenvalue weighted by Crippen LogP contribution is -2.41. The largest absolute Gasteiger partial charge is 0.274 e. The Morgan fingerprint density at radius 1 is 0.189 bits per heavy atom. The number of amides is 6. The fourth-order valence-corrected chi connectivity index (χ4v) is 23.4. The molecule has 3 fully saturated rings. The van der Waals surface area contributed by atoms with Crippen LogP contribution >= 0.6 is 35.3 Å². The van der Waals surface area contributed by atoms with E-state index in [1.165, 1.54) is 146 Å². The van der Waals surface area contributed by atoms with Gasteiger partial charge in [0.2, 0.25) is 35.4 Å². The van der Waals surface area contributed by atoms with E-state index in [4.69, 9.17) is 0 Å². The van der Waals surface area contributed by atoms with E-state index in [0.717, 1.165) is 14.7 Å². The molecule has 3 heterocycles. The van der Waals surface area contributed by atoms with Crippen LogP contribution < -0.4 is 14.7 Å². The van der Waals surface area contributed by atoms with Crippen LogP contribution in [-0.4, -0.2) is 54.2 Å². The molecule has 6 amide bonds. The van der Waals surface area contributed by atoms with E-state index in [1.807, 2.05) is 91.6 Å². The Morgan fingerprint density at radius 3 is 0.450 bits per heavy atom. The van der Waals surface area contributed by atoms with Crippen LogP contribution in [-0.2, 0) is 28.8 Å². The Hall–Kier alpha value is -11.7. The van der Waals surface area contributed by atoms with Gasteiger partial charge in [-0.1, -0.05) is 255 Å². The van der Waals surface area contributed by atoms with Crippen LogP contribution in [0.2, 0.25) is 0 Å². The molecule has 0 spiro atoms. The van der Waals surface area contributed by atoms with Gasteiger partial charge in [0.1, 0.15) is 0 Å². The summed E-state index contributed by atoms with van der Waals surface area (Å²) in [7, 11) is 0. The second-order valence-corrected chi connectivity index (χ2v) is 33.6. The molecular weight excluding hydrogens is 1420 g/mol. The van der Waals surface area contributed by atoms with E-state index < -0.39 is 35.5 Å². The number of imide groups is 3. The second-order valence-electron chi connectivity index (χ2n) is 31.0. The SMILES string of the molecule is CSc1ccccc1N1C(=O)[C@@H]2C3c4cc5ccccc5cc4C(c4cc5ccccc5cc43)[C@@H]2C1=O.CSc1ccccc1N1C(=O)[C@@H]2C3c4cc5ccccc5cc4C(c4cc5ccccc5cc43)[C@@H]2C1=O.CSc1ccccc1N1C(=O)[C@@H]2C3c4cc5ccccc5cc4C(c4cc5ccccc5cc43)[C@@H]2C1=O. The maximum atomic E-state index is 14.3. The van der Waals surface area contributed by atoms with Crippen LogP contribution in [0.1, 0.15) is 102 Å². The number of thioether (sulfide) groups is 3. The molecule has 3 saturated heterocycles. The minimum Gasteiger partial charge on any atom is -0.274 e. The summed E-state index contributed by atoms with van der Waals surface area (Å²) in [6, 6.07) is 101. The molecule has 15 aromatic carbocycles. The van der Waals surface area contributed by atoms with Crippen LogP contribution in [0.4, 0.5) is 17.1 Å². The average molecular weight is 1490 g/mol. The van der Waals surface area contributed by atoms with Crippen molar-refractivity contribution in [3.05, 3.63) is 358 Å². The highest BCUT2D eigenvalue weighted by molar-refractivity contribution is 7.99. The van der Waals surface area contributed by atoms with E-state index in [2.05, 4.69) is 218 Å². The fraction of sp³-hybridized carbons (Fsp3) is 0.152. The highest BCUT2D eigenvalue weighted by Crippen LogP contribution is 2.67. The van der Waals surface area contributed by atoms with Gasteiger partial charge in [-0.05, 0) is 187 Å². The molecule has 0 N–H and O–H groups in total. The zero-order valence-electron chi connectivity index (χ0n) is 60.7. The summed E-state index contributed by atoms with van der Waals surface area (Å²) in [5, 5.41) is 14.1. The Bertz CT molecular complexity index is 5470. The van der Waals surface area contributed by atoms with Gasteiger partial charge >= 0.3 is 0 Å². The Morgan fingerprint density at radius 2 is 0.315 bits per heavy atom. The van der Waals surface area contributed by atoms with Gasteiger partial charge in [0, 0.05) is 50.2 Å². The van der Waals surface area contributed by atoms with Crippen molar-refractivity contribution >= 4 is 152 Å². The molecule has 6 atom stereocenters. The summed E-state index contributed by atoms with van der Waals surface area (Å²) < 4.78 is 0. The average Bonchev–Trinajstić information content (AvgIpc) is 1.61. The van der Waals surface area contributed by atoms with Gasteiger partial charge in [0.15, 0.2) is 0 Å². The fourth-order valence-electron chi connectivity index (χ4n) is 21.6. The van der Waals surface area contributed by atoms with E-state index in [-0.39, 0.29) is 71.0 Å². The molecule has 12 aliphatic rings. The smallest absolute Gasteiger partial charge is 0.238 e. The first-order valence-electron chi connectivity index (χ1n) is 38.1. The molecule has 0 aromatic heterocycles. The monoisotopic (exact) mass is 1490 g/mol. The number of nitrogens with zero attached hydrogens (tertiary/aromatic N) is 3. The molecule has 0 saturated carbocycles. The number of hydrogen-bond acceptors (Lipinski definition) is 9. The van der Waals surface area contributed by atoms with Gasteiger partial charge in [0.05, 0.1) is 52.6 Å². The summed E-state index contributed by atoms with van der Waals surface area (Å²) in [6.45, 7) is 0. The topological polar surface area (TPSA) is 112 Å². The van der Waals surface area contributed by atoms with E-state index in [9.17, 15) is 28.8 Å². The summed E-state index contributed by atoms with van der Waals surface area (Å²) in [5.74, 6) is -3.61. The molecule has 111 heavy (non-hydrogen) atoms. The molecule has 0 radical (unpaired) electrons. The number of carbonyl (C=O) groups is 6. The van der Waals surface area contributed by atoms with Crippen LogP contribution in [0.15, 0.2) is 306 Å². The minimum absolute atomic E-state index is 0.0656. The molecular formula is C99H69N3O6S3. The number of para-hydroxylation sites is 3. The van der Waals surface area contributed by atoms with Gasteiger partial charge in [-0.15, -0.1) is 35.3 Å². The van der Waals surface area contributed by atoms with Crippen molar-refractivity contribution in [3.8, 4) is 0 Å². The zero-order valence-corrected chi connectivity index (χ0v) is 63.1. The minimum atomic E-state index is -0.394. The van der Waals surface area contributed by atoms with Crippen molar-refractivity contribution in [1.29, 1.82) is 0 Å². The van der Waals surface area contributed by atoms with Gasteiger partial charge in [0.25, 0.3) is 0 Å². The number of benzene rings is 15. The van der Waals surface area contributed by atoms with Crippen molar-refractivity contribution in [1.82, 2.24) is 0 Å². The quantitative estimate of drug-likeness (QED) is 0.119. The first-order chi connectivity index (χ1) is 54.5. The lowest BCUT2D eigenvalue weighted by molar-refractivity contribution is -0.124. The highest BCUT2D eigenvalue weighted by atomic mass is 32.2. The van der Waals surface area contributed by atoms with Crippen molar-refractivity contribution in [3.63, 3.8) is 0 Å². The lowest BCUT2D eigenvalue weighted by Gasteiger charge is -2.46. The Kier molecular flexibility index (Phi) is 15.0. The number of hydrogen-bond donors (Lipinski definition) is 0. The van der Waals surface area contributed by atoms with Gasteiger partial charge in [-0.25, -0.2) is 14.7 Å². The van der Waals surface area contributed by atoms with Crippen LogP contribution in [0.25, 0.3) is 64.6 Å². The van der Waals surface area contributed by atoms with Crippen molar-refractivity contribution < 1.29 is 28.8 Å². The predicted octanol–water partition coefficient (Wildman–Crippen LogP) is 21.3. The number of fused-ring (bicyclic) bond motifs is 6. The molecule has 0 unspecified atom stereocenters. The number of anilines is 3. The van der Waals surface area contributed by atoms with Crippen LogP contribution in [0, 0.1) is 35.5 Å². The lowest BCUT2D eigenvalue weighted by atomic mass is 9.54. The van der Waals surface area contributed by atoms with Crippen LogP contribution in [0.5, 0.6) is 0 Å². The molecule has 12 heteroatoms. The highest BCUT2D eigenvalue weighted by Gasteiger charge is 2.65. The first-order valence-corrected chi connectivity index (χ1v) is 41.8. The van der Waals surface area contributed by atoms with Crippen LogP contribution in [0.3, 0.4) is 0 Å². The molecule has 534 valence electrons. The predicted molar refractivity (Wildman–Crippen MR) is 448 cm³/mol. The van der Waals surface area contributed by atoms with Crippen molar-refractivity contribution in [2.45, 2.75) is 50.2 Å².